The van der Waals surface area contributed by atoms with Crippen molar-refractivity contribution in [1.29, 1.82) is 0 Å². The fourth-order valence-corrected chi connectivity index (χ4v) is 4.02. The number of halogens is 2. The average Bonchev–Trinajstić information content (AvgIpc) is 2.96. The van der Waals surface area contributed by atoms with Crippen molar-refractivity contribution in [3.05, 3.63) is 123 Å². The lowest BCUT2D eigenvalue weighted by Gasteiger charge is -2.30. The lowest BCUT2D eigenvalue weighted by Crippen LogP contribution is -2.39. The number of aromatic nitrogens is 1. The van der Waals surface area contributed by atoms with E-state index < -0.39 is 34.6 Å². The van der Waals surface area contributed by atoms with E-state index in [4.69, 9.17) is 10.5 Å². The predicted octanol–water partition coefficient (Wildman–Crippen LogP) is 5.08. The van der Waals surface area contributed by atoms with Crippen molar-refractivity contribution in [3.8, 4) is 5.75 Å². The Morgan fingerprint density at radius 3 is 2.46 bits per heavy atom. The highest BCUT2D eigenvalue weighted by molar-refractivity contribution is 6.02. The molecule has 2 amide bonds. The van der Waals surface area contributed by atoms with E-state index in [1.807, 2.05) is 0 Å². The normalized spacial score (nSPS) is 11.4. The number of ether oxygens (including phenoxy) is 1. The Kier molecular flexibility index (Phi) is 8.67. The van der Waals surface area contributed by atoms with Gasteiger partial charge in [0.05, 0.1) is 10.5 Å². The smallest absolute Gasteiger partial charge is 0.413 e. The van der Waals surface area contributed by atoms with E-state index in [-0.39, 0.29) is 47.2 Å². The van der Waals surface area contributed by atoms with Crippen molar-refractivity contribution in [3.63, 3.8) is 0 Å². The third-order valence-corrected chi connectivity index (χ3v) is 6.00. The number of hydrogen-bond donors (Lipinski definition) is 3. The van der Waals surface area contributed by atoms with Crippen LogP contribution in [0.5, 0.6) is 5.75 Å². The molecule has 0 aliphatic carbocycles. The first-order valence-electron chi connectivity index (χ1n) is 12.1. The number of hydrogen-bond acceptors (Lipinski definition) is 7. The predicted molar refractivity (Wildman–Crippen MR) is 144 cm³/mol. The Morgan fingerprint density at radius 2 is 1.80 bits per heavy atom. The lowest BCUT2D eigenvalue weighted by atomic mass is 10.1. The average molecular weight is 564 g/mol. The SMILES string of the molecule is Nc1cc(OC[C@@H](c2ccccc2)N(C(=O)O)c2ncccc2C(=O)NCc2ccc(F)c(F)c2)ccc1[N+](=O)[O-]. The number of nitrogens with two attached hydrogens (primary N) is 1. The molecule has 13 heteroatoms. The summed E-state index contributed by atoms with van der Waals surface area (Å²) >= 11 is 0. The minimum Gasteiger partial charge on any atom is -0.491 e. The molecule has 1 heterocycles. The third kappa shape index (κ3) is 6.71. The molecular formula is C28H23F2N5O6. The van der Waals surface area contributed by atoms with Crippen LogP contribution in [0.15, 0.2) is 85.1 Å². The van der Waals surface area contributed by atoms with Crippen LogP contribution in [-0.4, -0.2) is 33.6 Å². The standard InChI is InChI=1S/C28H23F2N5O6/c29-21-10-8-17(13-22(21)30)15-33-27(36)20-7-4-12-32-26(20)34(28(37)38)25(18-5-2-1-3-6-18)16-41-19-9-11-24(35(39)40)23(31)14-19/h1-14,25H,15-16,31H2,(H,33,36)(H,37,38)/t25-/m0/s1. The molecule has 0 unspecified atom stereocenters. The van der Waals surface area contributed by atoms with Crippen molar-refractivity contribution >= 4 is 29.2 Å². The second kappa shape index (κ2) is 12.5. The molecule has 41 heavy (non-hydrogen) atoms. The first-order valence-corrected chi connectivity index (χ1v) is 12.1. The van der Waals surface area contributed by atoms with E-state index >= 15 is 0 Å². The van der Waals surface area contributed by atoms with Crippen LogP contribution in [0, 0.1) is 21.7 Å². The largest absolute Gasteiger partial charge is 0.491 e. The summed E-state index contributed by atoms with van der Waals surface area (Å²) in [5.41, 5.74) is 6.01. The van der Waals surface area contributed by atoms with Gasteiger partial charge in [-0.2, -0.15) is 0 Å². The second-order valence-electron chi connectivity index (χ2n) is 8.67. The Labute approximate surface area is 232 Å². The number of anilines is 2. The monoisotopic (exact) mass is 563 g/mol. The third-order valence-electron chi connectivity index (χ3n) is 6.00. The molecule has 4 aromatic rings. The maximum Gasteiger partial charge on any atom is 0.413 e. The number of benzene rings is 3. The quantitative estimate of drug-likeness (QED) is 0.137. The number of nitro benzene ring substituents is 1. The van der Waals surface area contributed by atoms with E-state index in [0.29, 0.717) is 5.56 Å². The van der Waals surface area contributed by atoms with Gasteiger partial charge in [0.25, 0.3) is 11.6 Å². The molecule has 0 saturated heterocycles. The molecule has 0 saturated carbocycles. The molecule has 0 fully saturated rings. The summed E-state index contributed by atoms with van der Waals surface area (Å²) in [6.45, 7) is -0.440. The van der Waals surface area contributed by atoms with Crippen LogP contribution in [0.1, 0.15) is 27.5 Å². The van der Waals surface area contributed by atoms with Gasteiger partial charge in [0.1, 0.15) is 24.1 Å². The zero-order valence-electron chi connectivity index (χ0n) is 21.2. The van der Waals surface area contributed by atoms with Crippen LogP contribution < -0.4 is 20.7 Å². The highest BCUT2D eigenvalue weighted by Crippen LogP contribution is 2.31. The van der Waals surface area contributed by atoms with E-state index in [0.717, 1.165) is 17.0 Å². The minimum absolute atomic E-state index is 0.0991. The molecule has 0 radical (unpaired) electrons. The molecule has 0 aliphatic heterocycles. The molecule has 3 aromatic carbocycles. The minimum atomic E-state index is -1.45. The number of carboxylic acid groups (broad SMARTS) is 1. The number of carbonyl (C=O) groups is 2. The van der Waals surface area contributed by atoms with Gasteiger partial charge in [-0.1, -0.05) is 36.4 Å². The maximum atomic E-state index is 13.6. The van der Waals surface area contributed by atoms with Gasteiger partial charge in [0.15, 0.2) is 17.5 Å². The number of nitrogens with zero attached hydrogens (tertiary/aromatic N) is 3. The van der Waals surface area contributed by atoms with E-state index in [2.05, 4.69) is 10.3 Å². The Morgan fingerprint density at radius 1 is 1.05 bits per heavy atom. The van der Waals surface area contributed by atoms with Crippen molar-refractivity contribution in [2.75, 3.05) is 17.2 Å². The zero-order valence-corrected chi connectivity index (χ0v) is 21.2. The molecule has 0 spiro atoms. The van der Waals surface area contributed by atoms with Crippen LogP contribution >= 0.6 is 0 Å². The molecule has 11 nitrogen and oxygen atoms in total. The number of amides is 2. The van der Waals surface area contributed by atoms with Crippen LogP contribution in [0.4, 0.5) is 30.8 Å². The molecule has 0 bridgehead atoms. The van der Waals surface area contributed by atoms with Gasteiger partial charge in [-0.3, -0.25) is 14.9 Å². The van der Waals surface area contributed by atoms with Crippen molar-refractivity contribution in [2.45, 2.75) is 12.6 Å². The summed E-state index contributed by atoms with van der Waals surface area (Å²) in [6.07, 6.45) is -0.129. The molecule has 1 atom stereocenters. The van der Waals surface area contributed by atoms with Crippen molar-refractivity contribution < 1.29 is 33.1 Å². The first-order chi connectivity index (χ1) is 19.7. The maximum absolute atomic E-state index is 13.6. The van der Waals surface area contributed by atoms with Crippen LogP contribution in [0.3, 0.4) is 0 Å². The van der Waals surface area contributed by atoms with E-state index in [1.165, 1.54) is 42.6 Å². The number of nitrogen functional groups attached to an aromatic ring is 1. The summed E-state index contributed by atoms with van der Waals surface area (Å²) in [5, 5.41) is 23.9. The summed E-state index contributed by atoms with van der Waals surface area (Å²) in [7, 11) is 0. The van der Waals surface area contributed by atoms with Crippen LogP contribution in [0.2, 0.25) is 0 Å². The number of pyridine rings is 1. The van der Waals surface area contributed by atoms with E-state index in [1.54, 1.807) is 30.3 Å². The summed E-state index contributed by atoms with van der Waals surface area (Å²) < 4.78 is 32.7. The van der Waals surface area contributed by atoms with Gasteiger partial charge < -0.3 is 20.9 Å². The number of nitro groups is 1. The number of rotatable bonds is 10. The van der Waals surface area contributed by atoms with Gasteiger partial charge in [-0.05, 0) is 41.5 Å². The summed E-state index contributed by atoms with van der Waals surface area (Å²) in [4.78, 5) is 41.3. The summed E-state index contributed by atoms with van der Waals surface area (Å²) in [6, 6.07) is 17.2. The van der Waals surface area contributed by atoms with Crippen molar-refractivity contribution in [2.24, 2.45) is 0 Å². The molecule has 1 aromatic heterocycles. The molecular weight excluding hydrogens is 540 g/mol. The van der Waals surface area contributed by atoms with Crippen LogP contribution in [0.25, 0.3) is 0 Å². The molecule has 210 valence electrons. The van der Waals surface area contributed by atoms with Crippen LogP contribution in [-0.2, 0) is 6.54 Å². The Balaban J connectivity index is 1.65. The fourth-order valence-electron chi connectivity index (χ4n) is 4.02. The molecule has 0 aliphatic rings. The Bertz CT molecular complexity index is 1590. The molecule has 4 N–H and O–H groups in total. The van der Waals surface area contributed by atoms with Gasteiger partial charge in [-0.15, -0.1) is 0 Å². The highest BCUT2D eigenvalue weighted by atomic mass is 19.2. The Hall–Kier alpha value is -5.59. The second-order valence-corrected chi connectivity index (χ2v) is 8.67. The van der Waals surface area contributed by atoms with E-state index in [9.17, 15) is 33.6 Å². The summed E-state index contributed by atoms with van der Waals surface area (Å²) in [5.74, 6) is -2.86. The highest BCUT2D eigenvalue weighted by Gasteiger charge is 2.32. The van der Waals surface area contributed by atoms with Gasteiger partial charge >= 0.3 is 6.09 Å². The van der Waals surface area contributed by atoms with Gasteiger partial charge in [0.2, 0.25) is 0 Å². The van der Waals surface area contributed by atoms with Gasteiger partial charge in [-0.25, -0.2) is 23.5 Å². The van der Waals surface area contributed by atoms with Gasteiger partial charge in [0, 0.05) is 24.9 Å². The fraction of sp³-hybridized carbons (Fsp3) is 0.107. The topological polar surface area (TPSA) is 161 Å². The number of nitrogens with one attached hydrogen (secondary N) is 1. The number of carbonyl (C=O) groups excluding carboxylic acids is 1. The molecule has 4 rings (SSSR count). The lowest BCUT2D eigenvalue weighted by molar-refractivity contribution is -0.383. The first kappa shape index (κ1) is 28.4. The zero-order chi connectivity index (χ0) is 29.5. The van der Waals surface area contributed by atoms with Crippen molar-refractivity contribution in [1.82, 2.24) is 10.3 Å².